The lowest BCUT2D eigenvalue weighted by molar-refractivity contribution is 0.0980. The number of fused-ring (bicyclic) bond motifs is 1. The van der Waals surface area contributed by atoms with Gasteiger partial charge in [0.1, 0.15) is 17.8 Å². The van der Waals surface area contributed by atoms with Gasteiger partial charge in [0.25, 0.3) is 5.91 Å². The molecule has 1 aliphatic rings. The fourth-order valence-corrected chi connectivity index (χ4v) is 3.61. The van der Waals surface area contributed by atoms with E-state index in [1.54, 1.807) is 6.07 Å². The van der Waals surface area contributed by atoms with Gasteiger partial charge in [-0.3, -0.25) is 4.79 Å². The molecule has 5 heteroatoms. The van der Waals surface area contributed by atoms with E-state index in [-0.39, 0.29) is 5.91 Å². The number of hydrogen-bond acceptors (Lipinski definition) is 4. The van der Waals surface area contributed by atoms with Gasteiger partial charge < -0.3 is 10.2 Å². The van der Waals surface area contributed by atoms with E-state index in [1.807, 2.05) is 29.2 Å². The molecule has 1 amide bonds. The molecule has 0 bridgehead atoms. The first kappa shape index (κ1) is 18.2. The van der Waals surface area contributed by atoms with Gasteiger partial charge in [0.15, 0.2) is 0 Å². The Morgan fingerprint density at radius 1 is 1.04 bits per heavy atom. The van der Waals surface area contributed by atoms with Crippen molar-refractivity contribution in [2.45, 2.75) is 25.7 Å². The van der Waals surface area contributed by atoms with Crippen molar-refractivity contribution >= 4 is 17.4 Å². The Morgan fingerprint density at radius 2 is 1.86 bits per heavy atom. The summed E-state index contributed by atoms with van der Waals surface area (Å²) < 4.78 is 0. The summed E-state index contributed by atoms with van der Waals surface area (Å²) in [6, 6.07) is 20.3. The maximum absolute atomic E-state index is 13.0. The van der Waals surface area contributed by atoms with E-state index in [4.69, 9.17) is 0 Å². The summed E-state index contributed by atoms with van der Waals surface area (Å²) in [5, 5.41) is 3.31. The Morgan fingerprint density at radius 3 is 2.75 bits per heavy atom. The Hall–Kier alpha value is -3.21. The number of carbonyl (C=O) groups excluding carboxylic acids is 1. The summed E-state index contributed by atoms with van der Waals surface area (Å²) >= 11 is 0. The molecule has 1 aromatic heterocycles. The minimum Gasteiger partial charge on any atom is -0.370 e. The van der Waals surface area contributed by atoms with Crippen LogP contribution >= 0.6 is 0 Å². The van der Waals surface area contributed by atoms with Crippen LogP contribution in [0.15, 0.2) is 67.0 Å². The average Bonchev–Trinajstić information content (AvgIpc) is 2.77. The highest BCUT2D eigenvalue weighted by Gasteiger charge is 2.24. The highest BCUT2D eigenvalue weighted by atomic mass is 16.2. The zero-order valence-corrected chi connectivity index (χ0v) is 15.8. The van der Waals surface area contributed by atoms with E-state index in [9.17, 15) is 4.79 Å². The molecule has 1 aliphatic heterocycles. The molecular formula is C23H24N4O. The molecule has 3 aromatic rings. The molecule has 0 atom stereocenters. The number of rotatable bonds is 6. The molecule has 0 unspecified atom stereocenters. The first-order chi connectivity index (χ1) is 13.8. The van der Waals surface area contributed by atoms with Crippen LogP contribution in [-0.2, 0) is 12.8 Å². The summed E-state index contributed by atoms with van der Waals surface area (Å²) in [6.07, 6.45) is 5.45. The van der Waals surface area contributed by atoms with E-state index in [1.165, 1.54) is 17.5 Å². The first-order valence-corrected chi connectivity index (χ1v) is 9.81. The third-order valence-corrected chi connectivity index (χ3v) is 5.03. The van der Waals surface area contributed by atoms with Crippen LogP contribution in [0, 0.1) is 0 Å². The van der Waals surface area contributed by atoms with Crippen LogP contribution in [0.4, 0.5) is 11.5 Å². The fraction of sp³-hybridized carbons (Fsp3) is 0.261. The monoisotopic (exact) mass is 372 g/mol. The van der Waals surface area contributed by atoms with Crippen molar-refractivity contribution in [2.24, 2.45) is 0 Å². The summed E-state index contributed by atoms with van der Waals surface area (Å²) in [4.78, 5) is 23.4. The molecule has 0 aliphatic carbocycles. The van der Waals surface area contributed by atoms with Gasteiger partial charge in [-0.1, -0.05) is 48.5 Å². The molecule has 1 N–H and O–H groups in total. The molecule has 0 saturated heterocycles. The number of carbonyl (C=O) groups is 1. The molecule has 5 nitrogen and oxygen atoms in total. The number of para-hydroxylation sites is 1. The number of hydrogen-bond donors (Lipinski definition) is 1. The smallest absolute Gasteiger partial charge is 0.277 e. The van der Waals surface area contributed by atoms with Crippen molar-refractivity contribution < 1.29 is 4.79 Å². The van der Waals surface area contributed by atoms with Crippen molar-refractivity contribution in [3.05, 3.63) is 83.8 Å². The molecule has 0 spiro atoms. The molecular weight excluding hydrogens is 348 g/mol. The van der Waals surface area contributed by atoms with Crippen LogP contribution in [-0.4, -0.2) is 29.0 Å². The highest BCUT2D eigenvalue weighted by Crippen LogP contribution is 2.27. The number of anilines is 2. The van der Waals surface area contributed by atoms with E-state index in [2.05, 4.69) is 45.6 Å². The average molecular weight is 372 g/mol. The number of amides is 1. The van der Waals surface area contributed by atoms with Gasteiger partial charge in [-0.15, -0.1) is 0 Å². The minimum atomic E-state index is -0.0677. The quantitative estimate of drug-likeness (QED) is 0.662. The van der Waals surface area contributed by atoms with Gasteiger partial charge in [-0.2, -0.15) is 0 Å². The lowest BCUT2D eigenvalue weighted by atomic mass is 10.0. The Kier molecular flexibility index (Phi) is 5.61. The lowest BCUT2D eigenvalue weighted by Crippen LogP contribution is -2.36. The molecule has 0 radical (unpaired) electrons. The van der Waals surface area contributed by atoms with E-state index in [0.717, 1.165) is 44.5 Å². The van der Waals surface area contributed by atoms with E-state index < -0.39 is 0 Å². The summed E-state index contributed by atoms with van der Waals surface area (Å²) in [5.41, 5.74) is 3.97. The summed E-state index contributed by atoms with van der Waals surface area (Å²) in [7, 11) is 0. The van der Waals surface area contributed by atoms with Crippen molar-refractivity contribution in [3.63, 3.8) is 0 Å². The molecule has 2 aromatic carbocycles. The van der Waals surface area contributed by atoms with E-state index in [0.29, 0.717) is 11.5 Å². The molecule has 4 rings (SSSR count). The normalized spacial score (nSPS) is 13.1. The maximum atomic E-state index is 13.0. The number of aryl methyl sites for hydroxylation is 2. The number of benzene rings is 2. The van der Waals surface area contributed by atoms with Crippen molar-refractivity contribution in [1.82, 2.24) is 9.97 Å². The van der Waals surface area contributed by atoms with Crippen molar-refractivity contribution in [2.75, 3.05) is 23.3 Å². The lowest BCUT2D eigenvalue weighted by Gasteiger charge is -2.29. The molecule has 142 valence electrons. The van der Waals surface area contributed by atoms with Gasteiger partial charge in [0, 0.05) is 24.8 Å². The van der Waals surface area contributed by atoms with Crippen LogP contribution < -0.4 is 10.2 Å². The highest BCUT2D eigenvalue weighted by molar-refractivity contribution is 6.05. The largest absolute Gasteiger partial charge is 0.370 e. The topological polar surface area (TPSA) is 58.1 Å². The van der Waals surface area contributed by atoms with Crippen molar-refractivity contribution in [3.8, 4) is 0 Å². The van der Waals surface area contributed by atoms with E-state index >= 15 is 0 Å². The Bertz CT molecular complexity index is 942. The van der Waals surface area contributed by atoms with Crippen molar-refractivity contribution in [1.29, 1.82) is 0 Å². The number of nitrogens with zero attached hydrogens (tertiary/aromatic N) is 3. The second kappa shape index (κ2) is 8.65. The van der Waals surface area contributed by atoms with Gasteiger partial charge in [0.05, 0.1) is 0 Å². The van der Waals surface area contributed by atoms with Gasteiger partial charge in [0.2, 0.25) is 0 Å². The van der Waals surface area contributed by atoms with Gasteiger partial charge in [-0.25, -0.2) is 9.97 Å². The number of aromatic nitrogens is 2. The first-order valence-electron chi connectivity index (χ1n) is 9.81. The second-order valence-corrected chi connectivity index (χ2v) is 6.99. The zero-order chi connectivity index (χ0) is 19.2. The van der Waals surface area contributed by atoms with Crippen LogP contribution in [0.25, 0.3) is 0 Å². The third-order valence-electron chi connectivity index (χ3n) is 5.03. The standard InChI is InChI=1S/C23H24N4O/c28-23(27-15-7-12-19-11-4-5-13-21(19)27)20-16-22(26-17-25-20)24-14-6-10-18-8-2-1-3-9-18/h1-5,8-9,11,13,16-17H,6-7,10,12,14-15H2,(H,24,25,26). The van der Waals surface area contributed by atoms with Gasteiger partial charge >= 0.3 is 0 Å². The molecule has 0 fully saturated rings. The summed E-state index contributed by atoms with van der Waals surface area (Å²) in [5.74, 6) is 0.624. The number of nitrogens with one attached hydrogen (secondary N) is 1. The second-order valence-electron chi connectivity index (χ2n) is 6.99. The molecule has 28 heavy (non-hydrogen) atoms. The molecule has 2 heterocycles. The van der Waals surface area contributed by atoms with Crippen LogP contribution in [0.3, 0.4) is 0 Å². The SMILES string of the molecule is O=C(c1cc(NCCCc2ccccc2)ncn1)N1CCCc2ccccc21. The minimum absolute atomic E-state index is 0.0677. The molecule has 0 saturated carbocycles. The summed E-state index contributed by atoms with van der Waals surface area (Å²) in [6.45, 7) is 1.52. The van der Waals surface area contributed by atoms with Gasteiger partial charge in [-0.05, 0) is 42.9 Å². The third kappa shape index (κ3) is 4.19. The zero-order valence-electron chi connectivity index (χ0n) is 15.8. The Labute approximate surface area is 165 Å². The predicted octanol–water partition coefficient (Wildman–Crippen LogP) is 4.11. The predicted molar refractivity (Wildman–Crippen MR) is 112 cm³/mol. The van der Waals surface area contributed by atoms with Crippen LogP contribution in [0.1, 0.15) is 34.5 Å². The van der Waals surface area contributed by atoms with Crippen LogP contribution in [0.5, 0.6) is 0 Å². The van der Waals surface area contributed by atoms with Crippen LogP contribution in [0.2, 0.25) is 0 Å². The Balaban J connectivity index is 1.39. The fourth-order valence-electron chi connectivity index (χ4n) is 3.61. The maximum Gasteiger partial charge on any atom is 0.277 e.